The maximum Gasteiger partial charge on any atom is 0.490 e. The summed E-state index contributed by atoms with van der Waals surface area (Å²) in [5, 5.41) is 30.4. The number of fused-ring (bicyclic) bond motifs is 1. The van der Waals surface area contributed by atoms with E-state index in [1.165, 1.54) is 10.9 Å². The summed E-state index contributed by atoms with van der Waals surface area (Å²) in [4.78, 5) is 37.9. The number of ether oxygens (including phenoxy) is 1. The van der Waals surface area contributed by atoms with Gasteiger partial charge in [0.1, 0.15) is 6.10 Å². The van der Waals surface area contributed by atoms with Crippen molar-refractivity contribution in [3.05, 3.63) is 42.2 Å². The van der Waals surface area contributed by atoms with Gasteiger partial charge < -0.3 is 41.2 Å². The van der Waals surface area contributed by atoms with Crippen LogP contribution < -0.4 is 21.7 Å². The minimum absolute atomic E-state index is 0.0156. The molecule has 0 bridgehead atoms. The highest BCUT2D eigenvalue weighted by Crippen LogP contribution is 2.38. The molecule has 2 aliphatic rings. The zero-order valence-corrected chi connectivity index (χ0v) is 25.3. The van der Waals surface area contributed by atoms with Gasteiger partial charge in [-0.15, -0.1) is 0 Å². The number of aliphatic hydroxyl groups is 2. The molecule has 250 valence electrons. The van der Waals surface area contributed by atoms with Crippen LogP contribution in [-0.2, 0) is 20.7 Å². The first kappa shape index (κ1) is 33.3. The second-order valence-corrected chi connectivity index (χ2v) is 11.9. The summed E-state index contributed by atoms with van der Waals surface area (Å²) in [7, 11) is 0. The van der Waals surface area contributed by atoms with Crippen molar-refractivity contribution in [2.45, 2.75) is 100 Å². The maximum absolute atomic E-state index is 13.3. The highest BCUT2D eigenvalue weighted by atomic mass is 19.4. The SMILES string of the molecule is CCC(=O)N[C@H]1C[C@@H](n2cnc3c(N[C@H](CO)Cc4ccccc4)nc(NC4CCC(N)CC4)nc32)[C@H](OC(=O)C(F)(F)F)[C@@H]1O. The van der Waals surface area contributed by atoms with Crippen LogP contribution in [0.3, 0.4) is 0 Å². The van der Waals surface area contributed by atoms with E-state index in [-0.39, 0.29) is 54.5 Å². The minimum Gasteiger partial charge on any atom is -0.451 e. The Balaban J connectivity index is 1.53. The third-order valence-corrected chi connectivity index (χ3v) is 8.54. The minimum atomic E-state index is -5.30. The number of amides is 1. The summed E-state index contributed by atoms with van der Waals surface area (Å²) in [5.74, 6) is -2.41. The average molecular weight is 649 g/mol. The summed E-state index contributed by atoms with van der Waals surface area (Å²) < 4.78 is 46.1. The van der Waals surface area contributed by atoms with E-state index < -0.39 is 48.4 Å². The van der Waals surface area contributed by atoms with Gasteiger partial charge >= 0.3 is 12.1 Å². The Kier molecular flexibility index (Phi) is 10.3. The number of carbonyl (C=O) groups is 2. The number of halogens is 3. The van der Waals surface area contributed by atoms with E-state index in [0.29, 0.717) is 6.42 Å². The molecular weight excluding hydrogens is 609 g/mol. The van der Waals surface area contributed by atoms with Gasteiger partial charge in [-0.1, -0.05) is 37.3 Å². The lowest BCUT2D eigenvalue weighted by Crippen LogP contribution is -2.45. The number of hydrogen-bond donors (Lipinski definition) is 6. The van der Waals surface area contributed by atoms with Gasteiger partial charge in [-0.05, 0) is 44.1 Å². The van der Waals surface area contributed by atoms with Gasteiger partial charge in [-0.25, -0.2) is 9.78 Å². The van der Waals surface area contributed by atoms with Crippen LogP contribution in [0.2, 0.25) is 0 Å². The number of nitrogens with one attached hydrogen (secondary N) is 3. The van der Waals surface area contributed by atoms with E-state index in [4.69, 9.17) is 10.5 Å². The first-order valence-corrected chi connectivity index (χ1v) is 15.4. The Hall–Kier alpha value is -4.02. The lowest BCUT2D eigenvalue weighted by molar-refractivity contribution is -0.209. The second kappa shape index (κ2) is 14.2. The lowest BCUT2D eigenvalue weighted by Gasteiger charge is -2.27. The molecule has 0 unspecified atom stereocenters. The summed E-state index contributed by atoms with van der Waals surface area (Å²) >= 11 is 0. The number of carbonyl (C=O) groups excluding carboxylic acids is 2. The van der Waals surface area contributed by atoms with E-state index in [1.54, 1.807) is 6.92 Å². The lowest BCUT2D eigenvalue weighted by atomic mass is 9.92. The van der Waals surface area contributed by atoms with Crippen LogP contribution in [0.15, 0.2) is 36.7 Å². The highest BCUT2D eigenvalue weighted by molar-refractivity contribution is 5.85. The van der Waals surface area contributed by atoms with E-state index >= 15 is 0 Å². The van der Waals surface area contributed by atoms with Crippen molar-refractivity contribution in [3.8, 4) is 0 Å². The predicted octanol–water partition coefficient (Wildman–Crippen LogP) is 2.20. The fraction of sp³-hybridized carbons (Fsp3) is 0.567. The van der Waals surface area contributed by atoms with Crippen LogP contribution in [0.25, 0.3) is 11.2 Å². The van der Waals surface area contributed by atoms with Crippen molar-refractivity contribution >= 4 is 34.8 Å². The molecule has 1 amide bonds. The molecule has 16 heteroatoms. The van der Waals surface area contributed by atoms with E-state index in [2.05, 4.69) is 30.9 Å². The molecule has 46 heavy (non-hydrogen) atoms. The Morgan fingerprint density at radius 3 is 2.52 bits per heavy atom. The van der Waals surface area contributed by atoms with Gasteiger partial charge in [0.05, 0.1) is 31.1 Å². The van der Waals surface area contributed by atoms with Crippen molar-refractivity contribution < 1.29 is 37.7 Å². The summed E-state index contributed by atoms with van der Waals surface area (Å²) in [6, 6.07) is 7.09. The van der Waals surface area contributed by atoms with Crippen LogP contribution in [0.5, 0.6) is 0 Å². The highest BCUT2D eigenvalue weighted by Gasteiger charge is 2.51. The van der Waals surface area contributed by atoms with Gasteiger partial charge in [-0.2, -0.15) is 23.1 Å². The number of anilines is 2. The topological polar surface area (TPSA) is 190 Å². The molecule has 0 radical (unpaired) electrons. The summed E-state index contributed by atoms with van der Waals surface area (Å²) in [5.41, 5.74) is 7.49. The first-order valence-electron chi connectivity index (χ1n) is 15.4. The monoisotopic (exact) mass is 648 g/mol. The molecule has 5 rings (SSSR count). The van der Waals surface area contributed by atoms with Gasteiger partial charge in [-0.3, -0.25) is 4.79 Å². The van der Waals surface area contributed by atoms with Crippen molar-refractivity contribution in [2.24, 2.45) is 5.73 Å². The zero-order chi connectivity index (χ0) is 33.0. The van der Waals surface area contributed by atoms with Crippen LogP contribution in [0, 0.1) is 0 Å². The Morgan fingerprint density at radius 1 is 1.15 bits per heavy atom. The molecular formula is C30H39F3N8O5. The molecule has 7 N–H and O–H groups in total. The standard InChI is InChI=1S/C30H39F3N8O5/c1-2-22(43)38-20-13-21(25(24(20)44)46-28(45)30(31,32)33)41-15-35-23-26(36-19(14-42)12-16-6-4-3-5-7-16)39-29(40-27(23)41)37-18-10-8-17(34)9-11-18/h3-7,15,17-21,24-25,42,44H,2,8-14,34H2,1H3,(H,38,43)(H2,36,37,39,40)/t17?,18?,19-,20-,21+,24+,25-/m0/s1. The Morgan fingerprint density at radius 2 is 1.87 bits per heavy atom. The van der Waals surface area contributed by atoms with Crippen LogP contribution >= 0.6 is 0 Å². The van der Waals surface area contributed by atoms with Crippen LogP contribution in [-0.4, -0.2) is 90.8 Å². The molecule has 1 aromatic carbocycles. The number of alkyl halides is 3. The van der Waals surface area contributed by atoms with Crippen molar-refractivity contribution in [2.75, 3.05) is 17.2 Å². The molecule has 0 saturated heterocycles. The molecule has 2 heterocycles. The number of aliphatic hydroxyl groups excluding tert-OH is 2. The van der Waals surface area contributed by atoms with Gasteiger partial charge in [0, 0.05) is 18.5 Å². The molecule has 0 spiro atoms. The number of imidazole rings is 1. The fourth-order valence-electron chi connectivity index (χ4n) is 6.08. The molecule has 2 fully saturated rings. The molecule has 13 nitrogen and oxygen atoms in total. The number of esters is 1. The van der Waals surface area contributed by atoms with Gasteiger partial charge in [0.25, 0.3) is 0 Å². The van der Waals surface area contributed by atoms with Gasteiger partial charge in [0.15, 0.2) is 23.1 Å². The molecule has 0 aliphatic heterocycles. The third-order valence-electron chi connectivity index (χ3n) is 8.54. The van der Waals surface area contributed by atoms with Crippen molar-refractivity contribution in [3.63, 3.8) is 0 Å². The summed E-state index contributed by atoms with van der Waals surface area (Å²) in [6.07, 6.45) is -3.66. The Bertz CT molecular complexity index is 1500. The zero-order valence-electron chi connectivity index (χ0n) is 25.3. The quantitative estimate of drug-likeness (QED) is 0.167. The smallest absolute Gasteiger partial charge is 0.451 e. The van der Waals surface area contributed by atoms with E-state index in [1.807, 2.05) is 30.3 Å². The van der Waals surface area contributed by atoms with Gasteiger partial charge in [0.2, 0.25) is 11.9 Å². The Labute approximate surface area is 263 Å². The fourth-order valence-corrected chi connectivity index (χ4v) is 6.08. The number of hydrogen-bond acceptors (Lipinski definition) is 11. The summed E-state index contributed by atoms with van der Waals surface area (Å²) in [6.45, 7) is 1.35. The number of nitrogens with zero attached hydrogens (tertiary/aromatic N) is 4. The normalized spacial score (nSPS) is 25.6. The number of rotatable bonds is 11. The second-order valence-electron chi connectivity index (χ2n) is 11.9. The number of benzene rings is 1. The maximum atomic E-state index is 13.3. The van der Waals surface area contributed by atoms with E-state index in [9.17, 15) is 33.0 Å². The number of aromatic nitrogens is 4. The molecule has 3 aromatic rings. The molecule has 2 saturated carbocycles. The van der Waals surface area contributed by atoms with Crippen molar-refractivity contribution in [1.82, 2.24) is 24.8 Å². The molecule has 5 atom stereocenters. The van der Waals surface area contributed by atoms with E-state index in [0.717, 1.165) is 31.2 Å². The largest absolute Gasteiger partial charge is 0.490 e. The third kappa shape index (κ3) is 7.67. The average Bonchev–Trinajstić information content (AvgIpc) is 3.58. The van der Waals surface area contributed by atoms with Crippen molar-refractivity contribution in [1.29, 1.82) is 0 Å². The predicted molar refractivity (Wildman–Crippen MR) is 162 cm³/mol. The molecule has 2 aromatic heterocycles. The molecule has 2 aliphatic carbocycles. The first-order chi connectivity index (χ1) is 22.0. The number of nitrogens with two attached hydrogens (primary N) is 1. The van der Waals surface area contributed by atoms with Crippen LogP contribution in [0.4, 0.5) is 24.9 Å². The van der Waals surface area contributed by atoms with Crippen LogP contribution in [0.1, 0.15) is 57.1 Å².